The van der Waals surface area contributed by atoms with Gasteiger partial charge in [-0.15, -0.1) is 6.58 Å². The maximum Gasteiger partial charge on any atom is 0.410 e. The molecule has 3 atom stereocenters. The van der Waals surface area contributed by atoms with Crippen LogP contribution in [-0.2, 0) is 24.5 Å². The molecule has 12 nitrogen and oxygen atoms in total. The SMILES string of the molecule is C=CC[C@H]1CN(S(=O)(=O)NC2CN(C(=O)OC(C)(C)C)C2)C[C@@]1(N=[N+]=[N-])C(=O)O[C@H](C)c1ccccc1. The highest BCUT2D eigenvalue weighted by molar-refractivity contribution is 7.87. The molecule has 2 aliphatic heterocycles. The lowest BCUT2D eigenvalue weighted by Crippen LogP contribution is -2.63. The molecular weight excluding hydrogens is 500 g/mol. The van der Waals surface area contributed by atoms with Crippen LogP contribution in [0.5, 0.6) is 0 Å². The third kappa shape index (κ3) is 6.61. The number of azide groups is 1. The Balaban J connectivity index is 1.73. The minimum absolute atomic E-state index is 0.0717. The second-order valence-electron chi connectivity index (χ2n) is 10.3. The van der Waals surface area contributed by atoms with Crippen molar-refractivity contribution in [1.29, 1.82) is 0 Å². The van der Waals surface area contributed by atoms with Crippen LogP contribution in [0.15, 0.2) is 48.1 Å². The molecule has 0 bridgehead atoms. The van der Waals surface area contributed by atoms with Gasteiger partial charge >= 0.3 is 12.1 Å². The molecule has 13 heteroatoms. The molecule has 37 heavy (non-hydrogen) atoms. The molecule has 0 spiro atoms. The summed E-state index contributed by atoms with van der Waals surface area (Å²) in [6, 6.07) is 8.53. The standard InChI is InChI=1S/C24H34N6O6S/c1-6-10-19-13-30(37(33,34)26-20-14-29(15-20)22(32)36-23(3,4)5)16-24(19,27-28-25)21(31)35-17(2)18-11-8-7-9-12-18/h6-9,11-12,17,19-20,26H,1,10,13-16H2,2-5H3/t17-,19+,24+/m1/s1. The first-order chi connectivity index (χ1) is 17.3. The van der Waals surface area contributed by atoms with Crippen molar-refractivity contribution in [3.05, 3.63) is 59.0 Å². The molecule has 0 saturated carbocycles. The molecule has 2 saturated heterocycles. The Morgan fingerprint density at radius 2 is 1.95 bits per heavy atom. The highest BCUT2D eigenvalue weighted by Crippen LogP contribution is 2.38. The van der Waals surface area contributed by atoms with E-state index in [0.717, 1.165) is 9.87 Å². The van der Waals surface area contributed by atoms with Crippen LogP contribution < -0.4 is 4.72 Å². The van der Waals surface area contributed by atoms with Crippen molar-refractivity contribution >= 4 is 22.3 Å². The Bertz CT molecular complexity index is 1160. The van der Waals surface area contributed by atoms with Crippen molar-refractivity contribution in [2.45, 2.75) is 57.4 Å². The van der Waals surface area contributed by atoms with Crippen LogP contribution >= 0.6 is 0 Å². The fourth-order valence-corrected chi connectivity index (χ4v) is 5.81. The number of esters is 1. The molecule has 0 aliphatic carbocycles. The molecule has 1 aromatic carbocycles. The number of nitrogens with zero attached hydrogens (tertiary/aromatic N) is 5. The number of likely N-dealkylation sites (tertiary alicyclic amines) is 1. The Hall–Kier alpha value is -3.12. The van der Waals surface area contributed by atoms with Crippen LogP contribution in [0.4, 0.5) is 4.79 Å². The molecule has 2 heterocycles. The largest absolute Gasteiger partial charge is 0.457 e. The average molecular weight is 535 g/mol. The van der Waals surface area contributed by atoms with Crippen LogP contribution in [0.1, 0.15) is 45.8 Å². The van der Waals surface area contributed by atoms with Gasteiger partial charge in [0.05, 0.1) is 6.04 Å². The van der Waals surface area contributed by atoms with E-state index in [1.807, 2.05) is 18.2 Å². The Kier molecular flexibility index (Phi) is 8.53. The van der Waals surface area contributed by atoms with Gasteiger partial charge in [0.1, 0.15) is 11.7 Å². The molecule has 2 aliphatic rings. The van der Waals surface area contributed by atoms with E-state index in [-0.39, 0.29) is 32.6 Å². The first kappa shape index (κ1) is 28.5. The molecule has 0 unspecified atom stereocenters. The highest BCUT2D eigenvalue weighted by atomic mass is 32.2. The summed E-state index contributed by atoms with van der Waals surface area (Å²) in [5, 5.41) is 3.80. The number of ether oxygens (including phenoxy) is 2. The van der Waals surface area contributed by atoms with Gasteiger partial charge < -0.3 is 14.4 Å². The van der Waals surface area contributed by atoms with Gasteiger partial charge in [-0.1, -0.05) is 41.5 Å². The fourth-order valence-electron chi connectivity index (χ4n) is 4.35. The third-order valence-corrected chi connectivity index (χ3v) is 7.88. The second-order valence-corrected chi connectivity index (χ2v) is 12.0. The number of allylic oxidation sites excluding steroid dienone is 1. The van der Waals surface area contributed by atoms with E-state index in [1.165, 1.54) is 4.90 Å². The first-order valence-corrected chi connectivity index (χ1v) is 13.4. The van der Waals surface area contributed by atoms with Crippen LogP contribution in [0, 0.1) is 5.92 Å². The summed E-state index contributed by atoms with van der Waals surface area (Å²) in [6.45, 7) is 10.5. The van der Waals surface area contributed by atoms with Gasteiger partial charge in [0, 0.05) is 31.1 Å². The molecule has 2 fully saturated rings. The normalized spacial score (nSPS) is 23.5. The molecule has 1 aromatic rings. The van der Waals surface area contributed by atoms with Gasteiger partial charge in [0.2, 0.25) is 0 Å². The van der Waals surface area contributed by atoms with E-state index < -0.39 is 51.5 Å². The zero-order valence-corrected chi connectivity index (χ0v) is 22.3. The van der Waals surface area contributed by atoms with E-state index in [2.05, 4.69) is 21.3 Å². The summed E-state index contributed by atoms with van der Waals surface area (Å²) in [7, 11) is -4.08. The fraction of sp³-hybridized carbons (Fsp3) is 0.583. The lowest BCUT2D eigenvalue weighted by atomic mass is 9.85. The summed E-state index contributed by atoms with van der Waals surface area (Å²) in [5.74, 6) is -1.47. The Morgan fingerprint density at radius 3 is 2.51 bits per heavy atom. The minimum atomic E-state index is -4.08. The molecule has 1 amide bonds. The van der Waals surface area contributed by atoms with Gasteiger partial charge in [-0.25, -0.2) is 4.79 Å². The molecule has 3 rings (SSSR count). The van der Waals surface area contributed by atoms with Crippen molar-refractivity contribution in [3.8, 4) is 0 Å². The zero-order chi connectivity index (χ0) is 27.4. The monoisotopic (exact) mass is 534 g/mol. The summed E-state index contributed by atoms with van der Waals surface area (Å²) >= 11 is 0. The summed E-state index contributed by atoms with van der Waals surface area (Å²) in [4.78, 5) is 29.8. The summed E-state index contributed by atoms with van der Waals surface area (Å²) in [6.07, 6.45) is 0.624. The lowest BCUT2D eigenvalue weighted by Gasteiger charge is -2.40. The van der Waals surface area contributed by atoms with Crippen molar-refractivity contribution in [2.24, 2.45) is 11.0 Å². The minimum Gasteiger partial charge on any atom is -0.457 e. The second kappa shape index (κ2) is 11.1. The highest BCUT2D eigenvalue weighted by Gasteiger charge is 2.56. The average Bonchev–Trinajstić information content (AvgIpc) is 3.16. The number of carbonyl (C=O) groups excluding carboxylic acids is 2. The number of carbonyl (C=O) groups is 2. The molecule has 202 valence electrons. The van der Waals surface area contributed by atoms with E-state index in [0.29, 0.717) is 0 Å². The van der Waals surface area contributed by atoms with Crippen LogP contribution in [-0.4, -0.2) is 73.0 Å². The van der Waals surface area contributed by atoms with E-state index >= 15 is 0 Å². The maximum absolute atomic E-state index is 13.4. The van der Waals surface area contributed by atoms with Gasteiger partial charge in [0.25, 0.3) is 10.2 Å². The van der Waals surface area contributed by atoms with Crippen molar-refractivity contribution in [2.75, 3.05) is 26.2 Å². The van der Waals surface area contributed by atoms with Crippen LogP contribution in [0.2, 0.25) is 0 Å². The van der Waals surface area contributed by atoms with Gasteiger partial charge in [-0.3, -0.25) is 4.79 Å². The number of rotatable bonds is 9. The Morgan fingerprint density at radius 1 is 1.30 bits per heavy atom. The van der Waals surface area contributed by atoms with E-state index in [1.54, 1.807) is 45.9 Å². The Labute approximate surface area is 217 Å². The number of hydrogen-bond donors (Lipinski definition) is 1. The van der Waals surface area contributed by atoms with Gasteiger partial charge in [-0.2, -0.15) is 17.4 Å². The van der Waals surface area contributed by atoms with Crippen molar-refractivity contribution < 1.29 is 27.5 Å². The third-order valence-electron chi connectivity index (χ3n) is 6.29. The van der Waals surface area contributed by atoms with Crippen molar-refractivity contribution in [1.82, 2.24) is 13.9 Å². The van der Waals surface area contributed by atoms with Crippen molar-refractivity contribution in [3.63, 3.8) is 0 Å². The quantitative estimate of drug-likeness (QED) is 0.169. The predicted molar refractivity (Wildman–Crippen MR) is 136 cm³/mol. The number of nitrogens with one attached hydrogen (secondary N) is 1. The molecule has 0 radical (unpaired) electrons. The summed E-state index contributed by atoms with van der Waals surface area (Å²) in [5.41, 5.74) is 7.64. The molecule has 0 aromatic heterocycles. The van der Waals surface area contributed by atoms with E-state index in [4.69, 9.17) is 9.47 Å². The molecule has 1 N–H and O–H groups in total. The smallest absolute Gasteiger partial charge is 0.410 e. The topological polar surface area (TPSA) is 154 Å². The number of amides is 1. The first-order valence-electron chi connectivity index (χ1n) is 12.0. The number of hydrogen-bond acceptors (Lipinski definition) is 7. The lowest BCUT2D eigenvalue weighted by molar-refractivity contribution is -0.156. The van der Waals surface area contributed by atoms with E-state index in [9.17, 15) is 23.5 Å². The zero-order valence-electron chi connectivity index (χ0n) is 21.5. The predicted octanol–water partition coefficient (Wildman–Crippen LogP) is 3.30. The van der Waals surface area contributed by atoms with Crippen LogP contribution in [0.3, 0.4) is 0 Å². The van der Waals surface area contributed by atoms with Gasteiger partial charge in [-0.05, 0) is 51.1 Å². The maximum atomic E-state index is 13.4. The number of benzene rings is 1. The van der Waals surface area contributed by atoms with Gasteiger partial charge in [0.15, 0.2) is 5.54 Å². The summed E-state index contributed by atoms with van der Waals surface area (Å²) < 4.78 is 41.1. The van der Waals surface area contributed by atoms with Crippen LogP contribution in [0.25, 0.3) is 10.4 Å². The molecular formula is C24H34N6O6S.